The van der Waals surface area contributed by atoms with Gasteiger partial charge in [0, 0.05) is 11.3 Å². The first-order valence-corrected chi connectivity index (χ1v) is 4.61. The fraction of sp³-hybridized carbons (Fsp3) is 0.400. The summed E-state index contributed by atoms with van der Waals surface area (Å²) in [6.07, 6.45) is -0.759. The minimum absolute atomic E-state index is 0.112. The zero-order chi connectivity index (χ0) is 11.7. The van der Waals surface area contributed by atoms with Crippen LogP contribution in [-0.4, -0.2) is 29.4 Å². The lowest BCUT2D eigenvalue weighted by Gasteiger charge is -2.19. The van der Waals surface area contributed by atoms with Gasteiger partial charge in [-0.3, -0.25) is 0 Å². The number of aliphatic hydroxyl groups is 1. The average Bonchev–Trinajstić information content (AvgIpc) is 2.18. The second-order valence-corrected chi connectivity index (χ2v) is 3.56. The van der Waals surface area contributed by atoms with Gasteiger partial charge in [0.2, 0.25) is 0 Å². The van der Waals surface area contributed by atoms with Crippen LogP contribution in [0.15, 0.2) is 0 Å². The predicted octanol–water partition coefficient (Wildman–Crippen LogP) is 0.259. The second kappa shape index (κ2) is 4.02. The van der Waals surface area contributed by atoms with E-state index in [1.165, 1.54) is 0 Å². The molecule has 0 aliphatic heterocycles. The first kappa shape index (κ1) is 11.7. The van der Waals surface area contributed by atoms with E-state index in [1.807, 2.05) is 0 Å². The van der Waals surface area contributed by atoms with Gasteiger partial charge in [0.05, 0.1) is 0 Å². The Morgan fingerprint density at radius 1 is 1.13 bits per heavy atom. The highest BCUT2D eigenvalue weighted by Gasteiger charge is 2.16. The summed E-state index contributed by atoms with van der Waals surface area (Å²) in [4.78, 5) is 0. The van der Waals surface area contributed by atoms with Gasteiger partial charge in [0.15, 0.2) is 11.5 Å². The maximum absolute atomic E-state index is 9.55. The van der Waals surface area contributed by atoms with Gasteiger partial charge in [-0.25, -0.2) is 0 Å². The molecule has 0 bridgehead atoms. The quantitative estimate of drug-likeness (QED) is 0.243. The van der Waals surface area contributed by atoms with E-state index in [9.17, 15) is 15.3 Å². The number of aliphatic hydroxyl groups excluding tert-OH is 1. The molecule has 0 aromatic heterocycles. The van der Waals surface area contributed by atoms with Crippen LogP contribution in [0.4, 0.5) is 5.69 Å². The third-order valence-corrected chi connectivity index (χ3v) is 2.34. The standard InChI is InChI=1S/C10H14BNO3/c1-4-7(11)10(15)9(14)5(2)8(4)12-6(3)13/h6,12-15H,1-3H3. The Labute approximate surface area is 90.0 Å². The summed E-state index contributed by atoms with van der Waals surface area (Å²) in [6.45, 7) is 4.89. The van der Waals surface area contributed by atoms with Gasteiger partial charge < -0.3 is 20.6 Å². The number of nitrogens with one attached hydrogen (secondary N) is 1. The Morgan fingerprint density at radius 2 is 1.67 bits per heavy atom. The van der Waals surface area contributed by atoms with E-state index >= 15 is 0 Å². The van der Waals surface area contributed by atoms with Crippen LogP contribution in [-0.2, 0) is 0 Å². The number of phenols is 2. The van der Waals surface area contributed by atoms with E-state index in [2.05, 4.69) is 5.32 Å². The molecule has 1 unspecified atom stereocenters. The van der Waals surface area contributed by atoms with Crippen molar-refractivity contribution in [2.24, 2.45) is 0 Å². The van der Waals surface area contributed by atoms with Gasteiger partial charge in [0.25, 0.3) is 0 Å². The molecular formula is C10H14BNO3. The van der Waals surface area contributed by atoms with Gasteiger partial charge in [-0.15, -0.1) is 0 Å². The fourth-order valence-electron chi connectivity index (χ4n) is 1.44. The largest absolute Gasteiger partial charge is 0.505 e. The van der Waals surface area contributed by atoms with Crippen molar-refractivity contribution >= 4 is 19.0 Å². The molecule has 1 atom stereocenters. The van der Waals surface area contributed by atoms with Gasteiger partial charge in [-0.1, -0.05) is 0 Å². The minimum Gasteiger partial charge on any atom is -0.505 e. The first-order valence-electron chi connectivity index (χ1n) is 4.61. The van der Waals surface area contributed by atoms with Gasteiger partial charge >= 0.3 is 0 Å². The summed E-state index contributed by atoms with van der Waals surface area (Å²) in [6, 6.07) is 0. The maximum Gasteiger partial charge on any atom is 0.161 e. The highest BCUT2D eigenvalue weighted by molar-refractivity contribution is 6.36. The van der Waals surface area contributed by atoms with Crippen molar-refractivity contribution in [1.29, 1.82) is 0 Å². The van der Waals surface area contributed by atoms with E-state index < -0.39 is 6.23 Å². The minimum atomic E-state index is -0.759. The molecule has 1 aromatic rings. The van der Waals surface area contributed by atoms with E-state index in [0.717, 1.165) is 0 Å². The van der Waals surface area contributed by atoms with Crippen molar-refractivity contribution in [3.05, 3.63) is 11.1 Å². The molecule has 2 radical (unpaired) electrons. The molecule has 0 saturated carbocycles. The van der Waals surface area contributed by atoms with Gasteiger partial charge in [0.1, 0.15) is 14.1 Å². The number of phenolic OH excluding ortho intramolecular Hbond substituents is 2. The molecular weight excluding hydrogens is 193 g/mol. The Hall–Kier alpha value is -1.36. The lowest BCUT2D eigenvalue weighted by atomic mass is 9.87. The van der Waals surface area contributed by atoms with Crippen LogP contribution in [0.3, 0.4) is 0 Å². The average molecular weight is 207 g/mol. The number of benzene rings is 1. The molecule has 0 amide bonds. The third kappa shape index (κ3) is 2.02. The van der Waals surface area contributed by atoms with E-state index in [0.29, 0.717) is 16.8 Å². The fourth-order valence-corrected chi connectivity index (χ4v) is 1.44. The number of anilines is 1. The molecule has 15 heavy (non-hydrogen) atoms. The van der Waals surface area contributed by atoms with Crippen LogP contribution in [0.1, 0.15) is 18.1 Å². The van der Waals surface area contributed by atoms with Crippen LogP contribution in [0.5, 0.6) is 11.5 Å². The third-order valence-electron chi connectivity index (χ3n) is 2.34. The molecule has 0 fully saturated rings. The van der Waals surface area contributed by atoms with Crippen LogP contribution in [0, 0.1) is 13.8 Å². The van der Waals surface area contributed by atoms with Crippen molar-refractivity contribution in [2.75, 3.05) is 5.32 Å². The molecule has 0 heterocycles. The lowest BCUT2D eigenvalue weighted by Crippen LogP contribution is -2.19. The normalized spacial score (nSPS) is 12.5. The first-order chi connectivity index (χ1) is 6.86. The maximum atomic E-state index is 9.55. The zero-order valence-electron chi connectivity index (χ0n) is 9.00. The van der Waals surface area contributed by atoms with Crippen LogP contribution in [0.25, 0.3) is 0 Å². The monoisotopic (exact) mass is 207 g/mol. The Kier molecular flexibility index (Phi) is 3.14. The van der Waals surface area contributed by atoms with E-state index in [-0.39, 0.29) is 17.0 Å². The molecule has 0 aliphatic rings. The van der Waals surface area contributed by atoms with Crippen molar-refractivity contribution in [1.82, 2.24) is 0 Å². The predicted molar refractivity (Wildman–Crippen MR) is 59.9 cm³/mol. The number of aromatic hydroxyl groups is 2. The molecule has 0 saturated heterocycles. The van der Waals surface area contributed by atoms with Crippen molar-refractivity contribution in [3.63, 3.8) is 0 Å². The van der Waals surface area contributed by atoms with Crippen LogP contribution < -0.4 is 10.8 Å². The highest BCUT2D eigenvalue weighted by atomic mass is 16.3. The van der Waals surface area contributed by atoms with Crippen LogP contribution in [0.2, 0.25) is 0 Å². The smallest absolute Gasteiger partial charge is 0.161 e. The molecule has 1 aromatic carbocycles. The van der Waals surface area contributed by atoms with Crippen molar-refractivity contribution in [2.45, 2.75) is 27.0 Å². The van der Waals surface area contributed by atoms with Crippen molar-refractivity contribution in [3.8, 4) is 11.5 Å². The summed E-state index contributed by atoms with van der Waals surface area (Å²) < 4.78 is 0. The van der Waals surface area contributed by atoms with Crippen LogP contribution >= 0.6 is 0 Å². The topological polar surface area (TPSA) is 72.7 Å². The number of rotatable bonds is 2. The Balaban J connectivity index is 3.39. The Morgan fingerprint density at radius 3 is 2.13 bits per heavy atom. The van der Waals surface area contributed by atoms with Gasteiger partial charge in [-0.05, 0) is 31.8 Å². The van der Waals surface area contributed by atoms with Crippen molar-refractivity contribution < 1.29 is 15.3 Å². The summed E-state index contributed by atoms with van der Waals surface area (Å²) in [7, 11) is 5.60. The Bertz CT molecular complexity index is 362. The lowest BCUT2D eigenvalue weighted by molar-refractivity contribution is 0.224. The second-order valence-electron chi connectivity index (χ2n) is 3.56. The molecule has 80 valence electrons. The molecule has 4 N–H and O–H groups in total. The summed E-state index contributed by atoms with van der Waals surface area (Å²) in [5, 5.41) is 31.0. The summed E-state index contributed by atoms with van der Waals surface area (Å²) >= 11 is 0. The summed E-state index contributed by atoms with van der Waals surface area (Å²) in [5.74, 6) is -0.581. The molecule has 1 rings (SSSR count). The van der Waals surface area contributed by atoms with E-state index in [1.54, 1.807) is 20.8 Å². The number of hydrogen-bond donors (Lipinski definition) is 4. The summed E-state index contributed by atoms with van der Waals surface area (Å²) in [5.41, 5.74) is 1.71. The SMILES string of the molecule is [B]c1c(C)c(NC(C)O)c(C)c(O)c1O. The number of hydrogen-bond acceptors (Lipinski definition) is 4. The zero-order valence-corrected chi connectivity index (χ0v) is 9.00. The molecule has 0 spiro atoms. The highest BCUT2D eigenvalue weighted by Crippen LogP contribution is 2.34. The van der Waals surface area contributed by atoms with E-state index in [4.69, 9.17) is 7.85 Å². The molecule has 0 aliphatic carbocycles. The van der Waals surface area contributed by atoms with Gasteiger partial charge in [-0.2, -0.15) is 0 Å². The molecule has 4 nitrogen and oxygen atoms in total. The molecule has 5 heteroatoms.